The molecule has 1 N–H and O–H groups in total. The predicted octanol–water partition coefficient (Wildman–Crippen LogP) is 5.39. The van der Waals surface area contributed by atoms with Crippen LogP contribution < -0.4 is 5.32 Å². The summed E-state index contributed by atoms with van der Waals surface area (Å²) in [4.78, 5) is 4.25. The van der Waals surface area contributed by atoms with E-state index in [1.54, 1.807) is 16.8 Å². The maximum atomic E-state index is 6.15. The standard InChI is InChI=1S/C11H9BrCl2N2S/c1-6(10-4-17-5-15-10)16-11-8(13)2-7(12)3-9(11)14/h2-6,16H,1H3. The molecule has 0 saturated heterocycles. The Morgan fingerprint density at radius 2 is 2.00 bits per heavy atom. The van der Waals surface area contributed by atoms with Gasteiger partial charge in [-0.3, -0.25) is 0 Å². The number of halogens is 3. The summed E-state index contributed by atoms with van der Waals surface area (Å²) in [5.41, 5.74) is 3.51. The molecule has 1 atom stereocenters. The van der Waals surface area contributed by atoms with Gasteiger partial charge in [-0.1, -0.05) is 39.1 Å². The third-order valence-corrected chi connectivity index (χ3v) is 3.92. The summed E-state index contributed by atoms with van der Waals surface area (Å²) >= 11 is 17.2. The number of nitrogens with zero attached hydrogens (tertiary/aromatic N) is 1. The molecule has 0 aliphatic rings. The van der Waals surface area contributed by atoms with Gasteiger partial charge in [-0.05, 0) is 19.1 Å². The average molecular weight is 352 g/mol. The third-order valence-electron chi connectivity index (χ3n) is 2.26. The highest BCUT2D eigenvalue weighted by Crippen LogP contribution is 2.35. The fraction of sp³-hybridized carbons (Fsp3) is 0.182. The van der Waals surface area contributed by atoms with E-state index in [-0.39, 0.29) is 6.04 Å². The number of aromatic nitrogens is 1. The minimum atomic E-state index is 0.0671. The maximum Gasteiger partial charge on any atom is 0.0795 e. The van der Waals surface area contributed by atoms with E-state index in [1.165, 1.54) is 0 Å². The van der Waals surface area contributed by atoms with Gasteiger partial charge < -0.3 is 5.32 Å². The van der Waals surface area contributed by atoms with E-state index >= 15 is 0 Å². The Kier molecular flexibility index (Phi) is 4.31. The van der Waals surface area contributed by atoms with Crippen LogP contribution in [0.25, 0.3) is 0 Å². The summed E-state index contributed by atoms with van der Waals surface area (Å²) in [5.74, 6) is 0. The summed E-state index contributed by atoms with van der Waals surface area (Å²) < 4.78 is 0.861. The van der Waals surface area contributed by atoms with E-state index in [0.29, 0.717) is 10.0 Å². The minimum Gasteiger partial charge on any atom is -0.375 e. The van der Waals surface area contributed by atoms with Gasteiger partial charge in [-0.15, -0.1) is 11.3 Å². The number of rotatable bonds is 3. The summed E-state index contributed by atoms with van der Waals surface area (Å²) in [7, 11) is 0. The molecule has 2 aromatic rings. The molecule has 0 radical (unpaired) electrons. The van der Waals surface area contributed by atoms with Crippen molar-refractivity contribution in [2.24, 2.45) is 0 Å². The fourth-order valence-corrected chi connectivity index (χ4v) is 3.37. The van der Waals surface area contributed by atoms with Gasteiger partial charge in [0.25, 0.3) is 0 Å². The highest BCUT2D eigenvalue weighted by Gasteiger charge is 2.12. The van der Waals surface area contributed by atoms with Crippen LogP contribution in [0.4, 0.5) is 5.69 Å². The second-order valence-corrected chi connectivity index (χ2v) is 5.97. The van der Waals surface area contributed by atoms with Crippen LogP contribution in [0.3, 0.4) is 0 Å². The molecule has 17 heavy (non-hydrogen) atoms. The molecule has 1 aromatic carbocycles. The Morgan fingerprint density at radius 1 is 1.35 bits per heavy atom. The van der Waals surface area contributed by atoms with E-state index < -0.39 is 0 Å². The van der Waals surface area contributed by atoms with Crippen LogP contribution >= 0.6 is 50.5 Å². The van der Waals surface area contributed by atoms with Crippen molar-refractivity contribution in [2.75, 3.05) is 5.32 Å². The minimum absolute atomic E-state index is 0.0671. The van der Waals surface area contributed by atoms with Crippen LogP contribution in [0.2, 0.25) is 10.0 Å². The lowest BCUT2D eigenvalue weighted by Crippen LogP contribution is -2.07. The second kappa shape index (κ2) is 5.57. The molecule has 2 nitrogen and oxygen atoms in total. The van der Waals surface area contributed by atoms with Crippen molar-refractivity contribution in [1.82, 2.24) is 4.98 Å². The summed E-state index contributed by atoms with van der Waals surface area (Å²) in [6, 6.07) is 3.69. The Labute approximate surface area is 122 Å². The quantitative estimate of drug-likeness (QED) is 0.802. The normalized spacial score (nSPS) is 12.5. The zero-order valence-electron chi connectivity index (χ0n) is 8.88. The van der Waals surface area contributed by atoms with Crippen molar-refractivity contribution in [3.8, 4) is 0 Å². The molecule has 0 fully saturated rings. The first-order chi connectivity index (χ1) is 8.08. The summed E-state index contributed by atoms with van der Waals surface area (Å²) in [6.07, 6.45) is 0. The van der Waals surface area contributed by atoms with Gasteiger partial charge in [-0.2, -0.15) is 0 Å². The maximum absolute atomic E-state index is 6.15. The fourth-order valence-electron chi connectivity index (χ4n) is 1.41. The highest BCUT2D eigenvalue weighted by atomic mass is 79.9. The van der Waals surface area contributed by atoms with Crippen LogP contribution in [0.1, 0.15) is 18.7 Å². The molecular weight excluding hydrogens is 343 g/mol. The molecule has 0 bridgehead atoms. The number of nitrogens with one attached hydrogen (secondary N) is 1. The van der Waals surface area contributed by atoms with Crippen molar-refractivity contribution < 1.29 is 0 Å². The van der Waals surface area contributed by atoms with Crippen LogP contribution in [-0.4, -0.2) is 4.98 Å². The van der Waals surface area contributed by atoms with Crippen LogP contribution in [-0.2, 0) is 0 Å². The third kappa shape index (κ3) is 3.13. The van der Waals surface area contributed by atoms with E-state index in [0.717, 1.165) is 15.9 Å². The first-order valence-electron chi connectivity index (χ1n) is 4.87. The number of thiazole rings is 1. The number of anilines is 1. The molecule has 1 unspecified atom stereocenters. The molecule has 6 heteroatoms. The molecule has 1 aromatic heterocycles. The van der Waals surface area contributed by atoms with Gasteiger partial charge in [-0.25, -0.2) is 4.98 Å². The molecule has 0 aliphatic heterocycles. The molecule has 2 rings (SSSR count). The van der Waals surface area contributed by atoms with Crippen molar-refractivity contribution in [3.63, 3.8) is 0 Å². The number of benzene rings is 1. The second-order valence-electron chi connectivity index (χ2n) is 3.52. The lowest BCUT2D eigenvalue weighted by atomic mass is 10.2. The van der Waals surface area contributed by atoms with Crippen LogP contribution in [0.15, 0.2) is 27.5 Å². The lowest BCUT2D eigenvalue weighted by Gasteiger charge is -2.16. The molecule has 0 aliphatic carbocycles. The Balaban J connectivity index is 2.25. The zero-order chi connectivity index (χ0) is 12.4. The van der Waals surface area contributed by atoms with Gasteiger partial charge in [0, 0.05) is 9.85 Å². The largest absolute Gasteiger partial charge is 0.375 e. The van der Waals surface area contributed by atoms with E-state index in [9.17, 15) is 0 Å². The first-order valence-corrected chi connectivity index (χ1v) is 7.36. The highest BCUT2D eigenvalue weighted by molar-refractivity contribution is 9.10. The number of hydrogen-bond acceptors (Lipinski definition) is 3. The Hall–Kier alpha value is -0.290. The van der Waals surface area contributed by atoms with Crippen molar-refractivity contribution >= 4 is 56.2 Å². The summed E-state index contributed by atoms with van der Waals surface area (Å²) in [5, 5.41) is 6.44. The zero-order valence-corrected chi connectivity index (χ0v) is 12.8. The Morgan fingerprint density at radius 3 is 2.53 bits per heavy atom. The first kappa shape index (κ1) is 13.1. The SMILES string of the molecule is CC(Nc1c(Cl)cc(Br)cc1Cl)c1cscn1. The van der Waals surface area contributed by atoms with Gasteiger partial charge in [0.1, 0.15) is 0 Å². The molecule has 0 saturated carbocycles. The van der Waals surface area contributed by atoms with Crippen molar-refractivity contribution in [1.29, 1.82) is 0 Å². The molecular formula is C11H9BrCl2N2S. The van der Waals surface area contributed by atoms with Gasteiger partial charge >= 0.3 is 0 Å². The molecule has 0 amide bonds. The molecule has 1 heterocycles. The van der Waals surface area contributed by atoms with Crippen LogP contribution in [0.5, 0.6) is 0 Å². The summed E-state index contributed by atoms with van der Waals surface area (Å²) in [6.45, 7) is 2.02. The Bertz CT molecular complexity index is 493. The van der Waals surface area contributed by atoms with E-state index in [2.05, 4.69) is 26.2 Å². The topological polar surface area (TPSA) is 24.9 Å². The van der Waals surface area contributed by atoms with Crippen LogP contribution in [0, 0.1) is 0 Å². The van der Waals surface area contributed by atoms with Gasteiger partial charge in [0.2, 0.25) is 0 Å². The average Bonchev–Trinajstić information content (AvgIpc) is 2.76. The van der Waals surface area contributed by atoms with Gasteiger partial charge in [0.05, 0.1) is 33.0 Å². The predicted molar refractivity (Wildman–Crippen MR) is 78.3 cm³/mol. The van der Waals surface area contributed by atoms with Crippen molar-refractivity contribution in [2.45, 2.75) is 13.0 Å². The smallest absolute Gasteiger partial charge is 0.0795 e. The van der Waals surface area contributed by atoms with E-state index in [1.807, 2.05) is 24.4 Å². The lowest BCUT2D eigenvalue weighted by molar-refractivity contribution is 0.850. The number of hydrogen-bond donors (Lipinski definition) is 1. The van der Waals surface area contributed by atoms with E-state index in [4.69, 9.17) is 23.2 Å². The molecule has 0 spiro atoms. The van der Waals surface area contributed by atoms with Crippen molar-refractivity contribution in [3.05, 3.63) is 43.2 Å². The van der Waals surface area contributed by atoms with Gasteiger partial charge in [0.15, 0.2) is 0 Å². The monoisotopic (exact) mass is 350 g/mol. The molecule has 90 valence electrons.